The van der Waals surface area contributed by atoms with Gasteiger partial charge in [-0.25, -0.2) is 0 Å². The molecule has 0 aliphatic rings. The average Bonchev–Trinajstić information content (AvgIpc) is 2.92. The lowest BCUT2D eigenvalue weighted by molar-refractivity contribution is 0.346. The monoisotopic (exact) mass is 282 g/mol. The van der Waals surface area contributed by atoms with E-state index in [0.717, 1.165) is 5.82 Å². The van der Waals surface area contributed by atoms with Crippen molar-refractivity contribution in [3.05, 3.63) is 48.0 Å². The predicted octanol–water partition coefficient (Wildman–Crippen LogP) is 2.72. The highest BCUT2D eigenvalue weighted by Gasteiger charge is 2.26. The zero-order chi connectivity index (χ0) is 14.9. The van der Waals surface area contributed by atoms with E-state index >= 15 is 0 Å². The summed E-state index contributed by atoms with van der Waals surface area (Å²) in [6.45, 7) is 6.60. The average molecular weight is 282 g/mol. The SMILES string of the molecule is CC(C)(C)C(Nc1ccc2nnnn2n1)c1ccccc1. The van der Waals surface area contributed by atoms with Gasteiger partial charge in [0.25, 0.3) is 0 Å². The highest BCUT2D eigenvalue weighted by Crippen LogP contribution is 2.35. The molecule has 1 unspecified atom stereocenters. The molecule has 0 aliphatic carbocycles. The molecule has 6 heteroatoms. The minimum absolute atomic E-state index is 0.0403. The summed E-state index contributed by atoms with van der Waals surface area (Å²) < 4.78 is 1.42. The van der Waals surface area contributed by atoms with Crippen molar-refractivity contribution in [1.29, 1.82) is 0 Å². The van der Waals surface area contributed by atoms with Crippen LogP contribution in [0.15, 0.2) is 42.5 Å². The zero-order valence-electron chi connectivity index (χ0n) is 12.4. The summed E-state index contributed by atoms with van der Waals surface area (Å²) in [6, 6.07) is 14.3. The largest absolute Gasteiger partial charge is 0.361 e. The van der Waals surface area contributed by atoms with Crippen molar-refractivity contribution >= 4 is 11.5 Å². The van der Waals surface area contributed by atoms with Gasteiger partial charge in [-0.05, 0) is 33.5 Å². The molecule has 0 fully saturated rings. The second-order valence-electron chi connectivity index (χ2n) is 6.10. The molecule has 1 atom stereocenters. The second-order valence-corrected chi connectivity index (χ2v) is 6.10. The number of anilines is 1. The number of benzene rings is 1. The minimum atomic E-state index is 0.0403. The number of hydrogen-bond donors (Lipinski definition) is 1. The number of tetrazole rings is 1. The number of hydrogen-bond acceptors (Lipinski definition) is 5. The zero-order valence-corrected chi connectivity index (χ0v) is 12.4. The number of nitrogens with one attached hydrogen (secondary N) is 1. The van der Waals surface area contributed by atoms with E-state index in [1.807, 2.05) is 30.3 Å². The van der Waals surface area contributed by atoms with Crippen LogP contribution in [0.4, 0.5) is 5.82 Å². The maximum absolute atomic E-state index is 4.38. The lowest BCUT2D eigenvalue weighted by Gasteiger charge is -2.32. The molecule has 0 radical (unpaired) electrons. The lowest BCUT2D eigenvalue weighted by atomic mass is 9.82. The molecule has 21 heavy (non-hydrogen) atoms. The molecule has 0 saturated carbocycles. The van der Waals surface area contributed by atoms with Gasteiger partial charge in [0.2, 0.25) is 0 Å². The van der Waals surface area contributed by atoms with Crippen molar-refractivity contribution in [2.45, 2.75) is 26.8 Å². The topological polar surface area (TPSA) is 68.0 Å². The summed E-state index contributed by atoms with van der Waals surface area (Å²) in [4.78, 5) is 0. The highest BCUT2D eigenvalue weighted by molar-refractivity contribution is 5.44. The molecule has 1 aromatic carbocycles. The van der Waals surface area contributed by atoms with Crippen LogP contribution in [0.3, 0.4) is 0 Å². The molecule has 0 aliphatic heterocycles. The Morgan fingerprint density at radius 2 is 1.81 bits per heavy atom. The van der Waals surface area contributed by atoms with E-state index in [2.05, 4.69) is 58.8 Å². The summed E-state index contributed by atoms with van der Waals surface area (Å²) >= 11 is 0. The Balaban J connectivity index is 1.94. The third-order valence-corrected chi connectivity index (χ3v) is 3.36. The first-order valence-electron chi connectivity index (χ1n) is 6.91. The Morgan fingerprint density at radius 3 is 2.52 bits per heavy atom. The van der Waals surface area contributed by atoms with Crippen molar-refractivity contribution in [3.8, 4) is 0 Å². The van der Waals surface area contributed by atoms with E-state index < -0.39 is 0 Å². The number of rotatable bonds is 3. The van der Waals surface area contributed by atoms with Crippen molar-refractivity contribution in [3.63, 3.8) is 0 Å². The van der Waals surface area contributed by atoms with Gasteiger partial charge in [-0.2, -0.15) is 0 Å². The van der Waals surface area contributed by atoms with Crippen LogP contribution in [0.5, 0.6) is 0 Å². The highest BCUT2D eigenvalue weighted by atomic mass is 15.6. The molecule has 3 aromatic rings. The van der Waals surface area contributed by atoms with Crippen molar-refractivity contribution < 1.29 is 0 Å². The molecule has 1 N–H and O–H groups in total. The van der Waals surface area contributed by atoms with Gasteiger partial charge in [0.15, 0.2) is 5.65 Å². The van der Waals surface area contributed by atoms with Crippen LogP contribution in [-0.2, 0) is 0 Å². The van der Waals surface area contributed by atoms with E-state index in [-0.39, 0.29) is 11.5 Å². The fourth-order valence-electron chi connectivity index (χ4n) is 2.32. The smallest absolute Gasteiger partial charge is 0.200 e. The molecule has 0 spiro atoms. The second kappa shape index (κ2) is 5.12. The molecule has 3 rings (SSSR count). The van der Waals surface area contributed by atoms with Gasteiger partial charge in [-0.3, -0.25) is 0 Å². The van der Waals surface area contributed by atoms with Crippen LogP contribution in [0.25, 0.3) is 5.65 Å². The lowest BCUT2D eigenvalue weighted by Crippen LogP contribution is -2.26. The summed E-state index contributed by atoms with van der Waals surface area (Å²) in [5.41, 5.74) is 1.90. The third-order valence-electron chi connectivity index (χ3n) is 3.36. The normalized spacial score (nSPS) is 13.3. The van der Waals surface area contributed by atoms with Crippen LogP contribution in [0.1, 0.15) is 32.4 Å². The summed E-state index contributed by atoms with van der Waals surface area (Å²) in [5, 5.41) is 19.2. The van der Waals surface area contributed by atoms with Crippen LogP contribution in [-0.4, -0.2) is 25.3 Å². The van der Waals surface area contributed by atoms with Gasteiger partial charge in [0, 0.05) is 0 Å². The van der Waals surface area contributed by atoms with E-state index in [0.29, 0.717) is 5.65 Å². The molecule has 0 saturated heterocycles. The molecular formula is C15H18N6. The molecule has 6 nitrogen and oxygen atoms in total. The van der Waals surface area contributed by atoms with Crippen LogP contribution in [0, 0.1) is 5.41 Å². The predicted molar refractivity (Wildman–Crippen MR) is 80.8 cm³/mol. The maximum Gasteiger partial charge on any atom is 0.200 e. The van der Waals surface area contributed by atoms with E-state index in [1.54, 1.807) is 0 Å². The van der Waals surface area contributed by atoms with Crippen molar-refractivity contribution in [2.24, 2.45) is 5.41 Å². The quantitative estimate of drug-likeness (QED) is 0.800. The Labute approximate surface area is 123 Å². The van der Waals surface area contributed by atoms with Gasteiger partial charge in [0.1, 0.15) is 5.82 Å². The first kappa shape index (κ1) is 13.5. The van der Waals surface area contributed by atoms with Gasteiger partial charge in [-0.15, -0.1) is 14.8 Å². The van der Waals surface area contributed by atoms with Crippen molar-refractivity contribution in [1.82, 2.24) is 25.3 Å². The van der Waals surface area contributed by atoms with Crippen LogP contribution >= 0.6 is 0 Å². The molecule has 2 heterocycles. The standard InChI is InChI=1S/C15H18N6/c1-15(2,3)14(11-7-5-4-6-8-11)16-12-9-10-13-17-19-20-21(13)18-12/h4-10,14H,1-3H3,(H,16,18). The van der Waals surface area contributed by atoms with Crippen LogP contribution in [0.2, 0.25) is 0 Å². The van der Waals surface area contributed by atoms with Gasteiger partial charge < -0.3 is 5.32 Å². The summed E-state index contributed by atoms with van der Waals surface area (Å²) in [7, 11) is 0. The number of nitrogens with zero attached hydrogens (tertiary/aromatic N) is 5. The minimum Gasteiger partial charge on any atom is -0.361 e. The third kappa shape index (κ3) is 2.84. The Bertz CT molecular complexity index is 729. The maximum atomic E-state index is 4.38. The Kier molecular flexibility index (Phi) is 3.29. The van der Waals surface area contributed by atoms with Gasteiger partial charge in [0.05, 0.1) is 6.04 Å². The molecular weight excluding hydrogens is 264 g/mol. The fourth-order valence-corrected chi connectivity index (χ4v) is 2.32. The summed E-state index contributed by atoms with van der Waals surface area (Å²) in [6.07, 6.45) is 0. The number of fused-ring (bicyclic) bond motifs is 1. The Hall–Kier alpha value is -2.50. The fraction of sp³-hybridized carbons (Fsp3) is 0.333. The number of aromatic nitrogens is 5. The first-order valence-corrected chi connectivity index (χ1v) is 6.91. The molecule has 2 aromatic heterocycles. The van der Waals surface area contributed by atoms with Gasteiger partial charge >= 0.3 is 0 Å². The van der Waals surface area contributed by atoms with E-state index in [9.17, 15) is 0 Å². The molecule has 108 valence electrons. The van der Waals surface area contributed by atoms with E-state index in [4.69, 9.17) is 0 Å². The Morgan fingerprint density at radius 1 is 1.05 bits per heavy atom. The molecule has 0 amide bonds. The molecule has 0 bridgehead atoms. The first-order chi connectivity index (χ1) is 10.0. The van der Waals surface area contributed by atoms with E-state index in [1.165, 1.54) is 10.2 Å². The van der Waals surface area contributed by atoms with Crippen LogP contribution < -0.4 is 5.32 Å². The van der Waals surface area contributed by atoms with Gasteiger partial charge in [-0.1, -0.05) is 51.1 Å². The summed E-state index contributed by atoms with van der Waals surface area (Å²) in [5.74, 6) is 0.749. The van der Waals surface area contributed by atoms with Crippen molar-refractivity contribution in [2.75, 3.05) is 5.32 Å².